The molecular weight excluding hydrogens is 544 g/mol. The molecule has 222 valence electrons. The predicted molar refractivity (Wildman–Crippen MR) is 151 cm³/mol. The van der Waals surface area contributed by atoms with Gasteiger partial charge in [-0.05, 0) is 64.8 Å². The number of rotatable bonds is 7. The largest absolute Gasteiger partial charge is 0.507 e. The Morgan fingerprint density at radius 2 is 0.905 bits per heavy atom. The van der Waals surface area contributed by atoms with E-state index in [1.165, 1.54) is 0 Å². The predicted octanol–water partition coefficient (Wildman–Crippen LogP) is 4.15. The highest BCUT2D eigenvalue weighted by Gasteiger charge is 2.71. The second kappa shape index (κ2) is 10.8. The Labute approximate surface area is 242 Å². The molecule has 0 aliphatic heterocycles. The van der Waals surface area contributed by atoms with E-state index < -0.39 is 104 Å². The maximum Gasteiger partial charge on any atom is 0.177 e. The highest BCUT2D eigenvalue weighted by atomic mass is 16.3. The molecule has 4 rings (SSSR count). The van der Waals surface area contributed by atoms with Crippen LogP contribution in [-0.4, -0.2) is 66.0 Å². The summed E-state index contributed by atoms with van der Waals surface area (Å²) in [4.78, 5) is 56.9. The molecule has 0 bridgehead atoms. The Morgan fingerprint density at radius 3 is 1.19 bits per heavy atom. The number of allylic oxidation sites excluding steroid dienone is 2. The number of carbonyl (C=O) groups is 4. The van der Waals surface area contributed by atoms with Gasteiger partial charge in [0.15, 0.2) is 23.1 Å². The van der Waals surface area contributed by atoms with Crippen molar-refractivity contribution in [2.24, 2.45) is 10.8 Å². The van der Waals surface area contributed by atoms with Gasteiger partial charge in [-0.2, -0.15) is 0 Å². The molecule has 0 amide bonds. The molecule has 2 aromatic rings. The molecule has 2 unspecified atom stereocenters. The van der Waals surface area contributed by atoms with E-state index in [0.717, 1.165) is 35.4 Å². The third-order valence-electron chi connectivity index (χ3n) is 8.46. The van der Waals surface area contributed by atoms with Gasteiger partial charge in [0.1, 0.15) is 23.0 Å². The minimum Gasteiger partial charge on any atom is -0.507 e. The number of phenolic OH excluding ortho intramolecular Hbond substituents is 4. The van der Waals surface area contributed by atoms with E-state index in [2.05, 4.69) is 0 Å². The molecule has 0 fully saturated rings. The molecule has 0 radical (unpaired) electrons. The van der Waals surface area contributed by atoms with E-state index in [9.17, 15) is 49.8 Å². The summed E-state index contributed by atoms with van der Waals surface area (Å²) >= 11 is 0. The zero-order valence-corrected chi connectivity index (χ0v) is 23.8. The SMILES string of the molecule is CC(C)=CC[C@@H](O)C1(C2([C@H](O)CC=C(C)C)CC(=O)c3c(O)ccc(O)c3C2=O)CC(=O)c2c(O)ccc(O)c2C1=O. The van der Waals surface area contributed by atoms with Crippen molar-refractivity contribution in [2.45, 2.75) is 65.6 Å². The standard InChI is InChI=1S/C32H34O10/c1-15(2)5-11-23(39)31(13-21(37)25-17(33)7-9-19(35)27(25)29(31)41)32(24(40)12-6-16(3)4)14-22(38)26-18(34)8-10-20(36)28(26)30(32)42/h5-10,23-24,33-36,39-40H,11-14H2,1-4H3/t23-,24-,31?,32?/m1/s1. The van der Waals surface area contributed by atoms with Gasteiger partial charge in [-0.25, -0.2) is 0 Å². The van der Waals surface area contributed by atoms with Crippen LogP contribution in [0.25, 0.3) is 0 Å². The molecule has 2 aliphatic carbocycles. The van der Waals surface area contributed by atoms with E-state index >= 15 is 0 Å². The fraction of sp³-hybridized carbons (Fsp3) is 0.375. The quantitative estimate of drug-likeness (QED) is 0.206. The maximum absolute atomic E-state index is 14.7. The van der Waals surface area contributed by atoms with Crippen molar-refractivity contribution in [3.05, 3.63) is 69.8 Å². The molecular formula is C32H34O10. The second-order valence-electron chi connectivity index (χ2n) is 11.6. The highest BCUT2D eigenvalue weighted by Crippen LogP contribution is 2.61. The molecule has 10 heteroatoms. The van der Waals surface area contributed by atoms with Crippen LogP contribution in [0.5, 0.6) is 23.0 Å². The summed E-state index contributed by atoms with van der Waals surface area (Å²) in [5.41, 5.74) is -5.97. The monoisotopic (exact) mass is 578 g/mol. The van der Waals surface area contributed by atoms with Crippen LogP contribution in [0.15, 0.2) is 47.6 Å². The van der Waals surface area contributed by atoms with Gasteiger partial charge in [0.25, 0.3) is 0 Å². The van der Waals surface area contributed by atoms with Gasteiger partial charge >= 0.3 is 0 Å². The summed E-state index contributed by atoms with van der Waals surface area (Å²) in [5.74, 6) is -6.68. The average Bonchev–Trinajstić information content (AvgIpc) is 2.92. The van der Waals surface area contributed by atoms with Crippen molar-refractivity contribution in [3.8, 4) is 23.0 Å². The van der Waals surface area contributed by atoms with E-state index in [-0.39, 0.29) is 12.8 Å². The molecule has 0 saturated carbocycles. The summed E-state index contributed by atoms with van der Waals surface area (Å²) in [5, 5.41) is 66.3. The van der Waals surface area contributed by atoms with Gasteiger partial charge in [-0.15, -0.1) is 0 Å². The first-order chi connectivity index (χ1) is 19.6. The summed E-state index contributed by atoms with van der Waals surface area (Å²) in [7, 11) is 0. The fourth-order valence-corrected chi connectivity index (χ4v) is 6.43. The number of carbonyl (C=O) groups excluding carboxylic acids is 4. The first-order valence-corrected chi connectivity index (χ1v) is 13.5. The van der Waals surface area contributed by atoms with Crippen molar-refractivity contribution in [1.29, 1.82) is 0 Å². The molecule has 42 heavy (non-hydrogen) atoms. The molecule has 2 aromatic carbocycles. The number of aliphatic hydroxyl groups is 2. The first kappa shape index (κ1) is 30.7. The van der Waals surface area contributed by atoms with Gasteiger partial charge in [-0.1, -0.05) is 23.3 Å². The summed E-state index contributed by atoms with van der Waals surface area (Å²) < 4.78 is 0. The van der Waals surface area contributed by atoms with Crippen LogP contribution in [-0.2, 0) is 0 Å². The minimum absolute atomic E-state index is 0.284. The lowest BCUT2D eigenvalue weighted by Crippen LogP contribution is -2.67. The third-order valence-corrected chi connectivity index (χ3v) is 8.46. The first-order valence-electron chi connectivity index (χ1n) is 13.5. The summed E-state index contributed by atoms with van der Waals surface area (Å²) in [6.07, 6.45) is -2.99. The molecule has 0 aromatic heterocycles. The van der Waals surface area contributed by atoms with Gasteiger partial charge < -0.3 is 30.6 Å². The fourth-order valence-electron chi connectivity index (χ4n) is 6.43. The Morgan fingerprint density at radius 1 is 0.619 bits per heavy atom. The molecule has 4 atom stereocenters. The van der Waals surface area contributed by atoms with Crippen molar-refractivity contribution in [2.75, 3.05) is 0 Å². The Kier molecular flexibility index (Phi) is 7.92. The number of hydrogen-bond donors (Lipinski definition) is 6. The van der Waals surface area contributed by atoms with Gasteiger partial charge in [0, 0.05) is 12.8 Å². The van der Waals surface area contributed by atoms with Crippen LogP contribution in [0, 0.1) is 10.8 Å². The van der Waals surface area contributed by atoms with Gasteiger partial charge in [0.05, 0.1) is 45.3 Å². The molecule has 0 saturated heterocycles. The second-order valence-corrected chi connectivity index (χ2v) is 11.6. The van der Waals surface area contributed by atoms with Gasteiger partial charge in [-0.3, -0.25) is 19.2 Å². The summed E-state index contributed by atoms with van der Waals surface area (Å²) in [6.45, 7) is 6.88. The molecule has 0 heterocycles. The van der Waals surface area contributed by atoms with Crippen LogP contribution >= 0.6 is 0 Å². The average molecular weight is 579 g/mol. The lowest BCUT2D eigenvalue weighted by atomic mass is 9.45. The van der Waals surface area contributed by atoms with Crippen LogP contribution in [0.4, 0.5) is 0 Å². The number of benzene rings is 2. The Hall–Kier alpha value is -4.28. The number of phenols is 4. The van der Waals surface area contributed by atoms with E-state index in [1.54, 1.807) is 39.8 Å². The number of fused-ring (bicyclic) bond motifs is 2. The molecule has 0 spiro atoms. The number of aromatic hydroxyl groups is 4. The van der Waals surface area contributed by atoms with E-state index in [0.29, 0.717) is 0 Å². The Bertz CT molecular complexity index is 1460. The number of ketones is 4. The van der Waals surface area contributed by atoms with E-state index in [4.69, 9.17) is 0 Å². The van der Waals surface area contributed by atoms with E-state index in [1.807, 2.05) is 0 Å². The number of Topliss-reactive ketones (excluding diaryl/α,β-unsaturated/α-hetero) is 4. The molecule has 2 aliphatic rings. The zero-order valence-electron chi connectivity index (χ0n) is 23.8. The third kappa shape index (κ3) is 4.42. The maximum atomic E-state index is 14.7. The lowest BCUT2D eigenvalue weighted by molar-refractivity contribution is -0.0926. The zero-order chi connectivity index (χ0) is 31.3. The summed E-state index contributed by atoms with van der Waals surface area (Å²) in [6, 6.07) is 4.02. The minimum atomic E-state index is -2.55. The number of aliphatic hydroxyl groups excluding tert-OH is 2. The number of hydrogen-bond acceptors (Lipinski definition) is 10. The lowest BCUT2D eigenvalue weighted by Gasteiger charge is -2.55. The Balaban J connectivity index is 2.17. The van der Waals surface area contributed by atoms with Crippen molar-refractivity contribution in [1.82, 2.24) is 0 Å². The van der Waals surface area contributed by atoms with Crippen LogP contribution in [0.1, 0.15) is 94.8 Å². The topological polar surface area (TPSA) is 190 Å². The molecule has 6 N–H and O–H groups in total. The van der Waals surface area contributed by atoms with Crippen LogP contribution in [0.3, 0.4) is 0 Å². The molecule has 10 nitrogen and oxygen atoms in total. The van der Waals surface area contributed by atoms with Crippen molar-refractivity contribution >= 4 is 23.1 Å². The van der Waals surface area contributed by atoms with Crippen LogP contribution < -0.4 is 0 Å². The van der Waals surface area contributed by atoms with Crippen LogP contribution in [0.2, 0.25) is 0 Å². The van der Waals surface area contributed by atoms with Crippen molar-refractivity contribution in [3.63, 3.8) is 0 Å². The highest BCUT2D eigenvalue weighted by molar-refractivity contribution is 6.25. The normalized spacial score (nSPS) is 23.1. The smallest absolute Gasteiger partial charge is 0.177 e. The van der Waals surface area contributed by atoms with Gasteiger partial charge in [0.2, 0.25) is 0 Å². The van der Waals surface area contributed by atoms with Crippen molar-refractivity contribution < 1.29 is 49.8 Å².